The Kier molecular flexibility index (Phi) is 4.56. The Morgan fingerprint density at radius 3 is 2.68 bits per heavy atom. The van der Waals surface area contributed by atoms with E-state index in [2.05, 4.69) is 4.90 Å². The van der Waals surface area contributed by atoms with Crippen molar-refractivity contribution >= 4 is 5.97 Å². The van der Waals surface area contributed by atoms with Crippen LogP contribution in [0.3, 0.4) is 0 Å². The summed E-state index contributed by atoms with van der Waals surface area (Å²) in [4.78, 5) is 13.2. The van der Waals surface area contributed by atoms with Gasteiger partial charge < -0.3 is 9.84 Å². The Morgan fingerprint density at radius 1 is 1.47 bits per heavy atom. The van der Waals surface area contributed by atoms with E-state index in [9.17, 15) is 9.90 Å². The molecule has 1 aromatic carbocycles. The molecule has 4 nitrogen and oxygen atoms in total. The predicted molar refractivity (Wildman–Crippen MR) is 72.8 cm³/mol. The fraction of sp³-hybridized carbons (Fsp3) is 0.533. The van der Waals surface area contributed by atoms with Crippen molar-refractivity contribution in [3.05, 3.63) is 29.8 Å². The molecule has 104 valence electrons. The van der Waals surface area contributed by atoms with Crippen LogP contribution in [0.1, 0.15) is 25.8 Å². The number of carbonyl (C=O) groups is 1. The lowest BCUT2D eigenvalue weighted by atomic mass is 10.0. The van der Waals surface area contributed by atoms with Gasteiger partial charge in [0.25, 0.3) is 0 Å². The first-order valence-corrected chi connectivity index (χ1v) is 6.72. The molecule has 0 aromatic heterocycles. The summed E-state index contributed by atoms with van der Waals surface area (Å²) in [5.41, 5.74) is 1.20. The van der Waals surface area contributed by atoms with E-state index >= 15 is 0 Å². The first-order valence-electron chi connectivity index (χ1n) is 6.72. The number of hydrogen-bond donors (Lipinski definition) is 1. The fourth-order valence-electron chi connectivity index (χ4n) is 2.49. The maximum Gasteiger partial charge on any atom is 0.308 e. The predicted octanol–water partition coefficient (Wildman–Crippen LogP) is 1.81. The molecule has 1 saturated heterocycles. The second-order valence-electron chi connectivity index (χ2n) is 5.26. The monoisotopic (exact) mass is 263 g/mol. The highest BCUT2D eigenvalue weighted by Crippen LogP contribution is 2.22. The molecule has 19 heavy (non-hydrogen) atoms. The standard InChI is InChI=1S/C15H21NO3/c1-11(17)14-7-8-16(10-14)9-13-3-5-15(6-4-13)19-12(2)18/h3-6,11,14,17H,7-10H2,1-2H3. The number of nitrogens with zero attached hydrogens (tertiary/aromatic N) is 1. The van der Waals surface area contributed by atoms with Crippen LogP contribution in [-0.2, 0) is 11.3 Å². The smallest absolute Gasteiger partial charge is 0.308 e. The van der Waals surface area contributed by atoms with Crippen LogP contribution in [0, 0.1) is 5.92 Å². The molecular weight excluding hydrogens is 242 g/mol. The maximum atomic E-state index is 10.8. The maximum absolute atomic E-state index is 10.8. The highest BCUT2D eigenvalue weighted by molar-refractivity contribution is 5.69. The molecule has 2 unspecified atom stereocenters. The normalized spacial score (nSPS) is 21.3. The third-order valence-electron chi connectivity index (χ3n) is 3.58. The van der Waals surface area contributed by atoms with Crippen LogP contribution in [0.25, 0.3) is 0 Å². The van der Waals surface area contributed by atoms with Gasteiger partial charge in [-0.3, -0.25) is 9.69 Å². The van der Waals surface area contributed by atoms with Gasteiger partial charge in [0.05, 0.1) is 6.10 Å². The lowest BCUT2D eigenvalue weighted by molar-refractivity contribution is -0.131. The van der Waals surface area contributed by atoms with Crippen molar-refractivity contribution in [1.29, 1.82) is 0 Å². The van der Waals surface area contributed by atoms with Crippen LogP contribution in [0.2, 0.25) is 0 Å². The van der Waals surface area contributed by atoms with Crippen molar-refractivity contribution in [2.24, 2.45) is 5.92 Å². The molecule has 2 rings (SSSR count). The number of benzene rings is 1. The van der Waals surface area contributed by atoms with E-state index in [1.165, 1.54) is 12.5 Å². The highest BCUT2D eigenvalue weighted by atomic mass is 16.5. The summed E-state index contributed by atoms with van der Waals surface area (Å²) in [6.07, 6.45) is 0.833. The Balaban J connectivity index is 1.88. The number of esters is 1. The largest absolute Gasteiger partial charge is 0.427 e. The fourth-order valence-corrected chi connectivity index (χ4v) is 2.49. The van der Waals surface area contributed by atoms with Crippen LogP contribution >= 0.6 is 0 Å². The van der Waals surface area contributed by atoms with Crippen LogP contribution in [0.4, 0.5) is 0 Å². The van der Waals surface area contributed by atoms with E-state index in [-0.39, 0.29) is 12.1 Å². The van der Waals surface area contributed by atoms with Gasteiger partial charge in [-0.05, 0) is 43.5 Å². The van der Waals surface area contributed by atoms with Crippen molar-refractivity contribution in [2.45, 2.75) is 32.9 Å². The van der Waals surface area contributed by atoms with Gasteiger partial charge in [0, 0.05) is 20.0 Å². The highest BCUT2D eigenvalue weighted by Gasteiger charge is 2.25. The van der Waals surface area contributed by atoms with Gasteiger partial charge in [0.15, 0.2) is 0 Å². The number of hydrogen-bond acceptors (Lipinski definition) is 4. The average Bonchev–Trinajstić information content (AvgIpc) is 2.80. The summed E-state index contributed by atoms with van der Waals surface area (Å²) in [5, 5.41) is 9.58. The molecule has 1 aliphatic rings. The lowest BCUT2D eigenvalue weighted by Crippen LogP contribution is -2.23. The van der Waals surface area contributed by atoms with Crippen molar-refractivity contribution in [2.75, 3.05) is 13.1 Å². The van der Waals surface area contributed by atoms with Gasteiger partial charge in [0.1, 0.15) is 5.75 Å². The molecule has 1 heterocycles. The van der Waals surface area contributed by atoms with E-state index in [4.69, 9.17) is 4.74 Å². The SMILES string of the molecule is CC(=O)Oc1ccc(CN2CCC(C(C)O)C2)cc1. The Bertz CT molecular complexity index is 428. The second-order valence-corrected chi connectivity index (χ2v) is 5.26. The molecule has 1 fully saturated rings. The van der Waals surface area contributed by atoms with E-state index in [0.717, 1.165) is 26.1 Å². The van der Waals surface area contributed by atoms with E-state index in [1.54, 1.807) is 0 Å². The molecule has 1 N–H and O–H groups in total. The molecule has 0 saturated carbocycles. The number of carbonyl (C=O) groups excluding carboxylic acids is 1. The van der Waals surface area contributed by atoms with Crippen LogP contribution < -0.4 is 4.74 Å². The van der Waals surface area contributed by atoms with Gasteiger partial charge in [-0.25, -0.2) is 0 Å². The van der Waals surface area contributed by atoms with E-state index < -0.39 is 0 Å². The number of ether oxygens (including phenoxy) is 1. The first-order chi connectivity index (χ1) is 9.04. The molecular formula is C15H21NO3. The quantitative estimate of drug-likeness (QED) is 0.665. The van der Waals surface area contributed by atoms with E-state index in [0.29, 0.717) is 11.7 Å². The van der Waals surface area contributed by atoms with Gasteiger partial charge in [-0.15, -0.1) is 0 Å². The topological polar surface area (TPSA) is 49.8 Å². The Hall–Kier alpha value is -1.39. The Labute approximate surface area is 114 Å². The molecule has 4 heteroatoms. The number of likely N-dealkylation sites (tertiary alicyclic amines) is 1. The van der Waals surface area contributed by atoms with Gasteiger partial charge in [-0.2, -0.15) is 0 Å². The minimum atomic E-state index is -0.299. The zero-order valence-electron chi connectivity index (χ0n) is 11.5. The molecule has 1 aromatic rings. The van der Waals surface area contributed by atoms with Crippen molar-refractivity contribution in [3.63, 3.8) is 0 Å². The summed E-state index contributed by atoms with van der Waals surface area (Å²) in [6, 6.07) is 7.60. The minimum absolute atomic E-state index is 0.226. The van der Waals surface area contributed by atoms with Crippen LogP contribution in [-0.4, -0.2) is 35.2 Å². The zero-order valence-corrected chi connectivity index (χ0v) is 11.5. The molecule has 0 bridgehead atoms. The molecule has 0 amide bonds. The van der Waals surface area contributed by atoms with E-state index in [1.807, 2.05) is 31.2 Å². The second kappa shape index (κ2) is 6.17. The number of aliphatic hydroxyl groups excluding tert-OH is 1. The van der Waals surface area contributed by atoms with Crippen LogP contribution in [0.15, 0.2) is 24.3 Å². The van der Waals surface area contributed by atoms with Gasteiger partial charge >= 0.3 is 5.97 Å². The molecule has 1 aliphatic heterocycles. The molecule has 0 spiro atoms. The number of rotatable bonds is 4. The van der Waals surface area contributed by atoms with Crippen LogP contribution in [0.5, 0.6) is 5.75 Å². The van der Waals surface area contributed by atoms with Gasteiger partial charge in [0.2, 0.25) is 0 Å². The first kappa shape index (κ1) is 14.0. The van der Waals surface area contributed by atoms with Crippen molar-refractivity contribution < 1.29 is 14.6 Å². The summed E-state index contributed by atoms with van der Waals surface area (Å²) in [5.74, 6) is 0.673. The molecule has 0 aliphatic carbocycles. The number of aliphatic hydroxyl groups is 1. The average molecular weight is 263 g/mol. The molecule has 2 atom stereocenters. The summed E-state index contributed by atoms with van der Waals surface area (Å²) >= 11 is 0. The summed E-state index contributed by atoms with van der Waals surface area (Å²) < 4.78 is 5.00. The van der Waals surface area contributed by atoms with Crippen molar-refractivity contribution in [3.8, 4) is 5.75 Å². The minimum Gasteiger partial charge on any atom is -0.427 e. The third-order valence-corrected chi connectivity index (χ3v) is 3.58. The van der Waals surface area contributed by atoms with Crippen molar-refractivity contribution in [1.82, 2.24) is 4.90 Å². The summed E-state index contributed by atoms with van der Waals surface area (Å²) in [6.45, 7) is 6.12. The van der Waals surface area contributed by atoms with Gasteiger partial charge in [-0.1, -0.05) is 12.1 Å². The zero-order chi connectivity index (χ0) is 13.8. The Morgan fingerprint density at radius 2 is 2.16 bits per heavy atom. The summed E-state index contributed by atoms with van der Waals surface area (Å²) in [7, 11) is 0. The molecule has 0 radical (unpaired) electrons. The third kappa shape index (κ3) is 4.04. The lowest BCUT2D eigenvalue weighted by Gasteiger charge is -2.17.